The van der Waals surface area contributed by atoms with Crippen molar-refractivity contribution in [1.82, 2.24) is 29.5 Å². The van der Waals surface area contributed by atoms with Crippen LogP contribution in [0, 0.1) is 5.95 Å². The minimum absolute atomic E-state index is 0.0460. The van der Waals surface area contributed by atoms with E-state index < -0.39 is 29.6 Å². The number of fused-ring (bicyclic) bond motifs is 1. The monoisotopic (exact) mass is 452 g/mol. The molecular formula is C21H18F2N8O2. The zero-order chi connectivity index (χ0) is 23.1. The van der Waals surface area contributed by atoms with Crippen molar-refractivity contribution in [3.05, 3.63) is 70.7 Å². The number of rotatable bonds is 6. The highest BCUT2D eigenvalue weighted by molar-refractivity contribution is 6.00. The first-order valence-electron chi connectivity index (χ1n) is 10.1. The molecule has 4 aromatic rings. The Kier molecular flexibility index (Phi) is 4.96. The van der Waals surface area contributed by atoms with E-state index in [2.05, 4.69) is 31.0 Å². The summed E-state index contributed by atoms with van der Waals surface area (Å²) in [5.74, 6) is -0.453. The number of aromatic nitrogens is 5. The third-order valence-corrected chi connectivity index (χ3v) is 5.18. The lowest BCUT2D eigenvalue weighted by atomic mass is 10.3. The van der Waals surface area contributed by atoms with Gasteiger partial charge in [0.15, 0.2) is 5.65 Å². The molecule has 1 aliphatic carbocycles. The predicted octanol–water partition coefficient (Wildman–Crippen LogP) is 2.04. The molecule has 5 rings (SSSR count). The molecule has 1 amide bonds. The molecule has 3 N–H and O–H groups in total. The van der Waals surface area contributed by atoms with Gasteiger partial charge in [-0.3, -0.25) is 9.59 Å². The maximum absolute atomic E-state index is 14.4. The number of hydrogen-bond donors (Lipinski definition) is 3. The van der Waals surface area contributed by atoms with Crippen molar-refractivity contribution in [3.63, 3.8) is 0 Å². The van der Waals surface area contributed by atoms with E-state index in [1.54, 1.807) is 25.2 Å². The summed E-state index contributed by atoms with van der Waals surface area (Å²) in [6, 6.07) is 8.30. The van der Waals surface area contributed by atoms with Crippen molar-refractivity contribution in [2.45, 2.75) is 18.6 Å². The van der Waals surface area contributed by atoms with Gasteiger partial charge in [-0.2, -0.15) is 14.0 Å². The lowest BCUT2D eigenvalue weighted by molar-refractivity contribution is 0.0949. The molecule has 12 heteroatoms. The molecule has 1 aliphatic rings. The van der Waals surface area contributed by atoms with Gasteiger partial charge in [0.1, 0.15) is 34.9 Å². The molecule has 168 valence electrons. The standard InChI is InChI=1S/C21H18F2N8O2/c1-24-18-9-16(29-19-11(10-26-31(18)19)20(32)28-14-8-12(14)22)27-13-5-6-15(23)30(21(13)33)17-4-2-3-7-25-17/h2-7,9-10,12,14,24H,8H2,1H3,(H,27,29)(H,28,32)/t12-,14+/m0/s1. The Morgan fingerprint density at radius 3 is 2.76 bits per heavy atom. The zero-order valence-electron chi connectivity index (χ0n) is 17.3. The summed E-state index contributed by atoms with van der Waals surface area (Å²) in [7, 11) is 1.66. The molecule has 0 spiro atoms. The second-order valence-electron chi connectivity index (χ2n) is 7.43. The number of halogens is 2. The molecule has 0 unspecified atom stereocenters. The summed E-state index contributed by atoms with van der Waals surface area (Å²) >= 11 is 0. The molecule has 1 saturated carbocycles. The Morgan fingerprint density at radius 1 is 1.24 bits per heavy atom. The maximum Gasteiger partial charge on any atom is 0.282 e. The third-order valence-electron chi connectivity index (χ3n) is 5.18. The Balaban J connectivity index is 1.54. The van der Waals surface area contributed by atoms with E-state index in [1.165, 1.54) is 29.0 Å². The van der Waals surface area contributed by atoms with Crippen LogP contribution in [-0.2, 0) is 0 Å². The molecule has 33 heavy (non-hydrogen) atoms. The first-order valence-corrected chi connectivity index (χ1v) is 10.1. The van der Waals surface area contributed by atoms with Crippen LogP contribution in [-0.4, -0.2) is 49.3 Å². The van der Waals surface area contributed by atoms with E-state index in [1.807, 2.05) is 0 Å². The molecule has 4 heterocycles. The Bertz CT molecular complexity index is 1420. The molecule has 0 radical (unpaired) electrons. The highest BCUT2D eigenvalue weighted by Gasteiger charge is 2.39. The van der Waals surface area contributed by atoms with Gasteiger partial charge in [-0.1, -0.05) is 6.07 Å². The molecule has 10 nitrogen and oxygen atoms in total. The predicted molar refractivity (Wildman–Crippen MR) is 116 cm³/mol. The maximum atomic E-state index is 14.4. The first-order chi connectivity index (χ1) is 16.0. The normalized spacial score (nSPS) is 17.1. The Labute approximate surface area is 185 Å². The van der Waals surface area contributed by atoms with Crippen LogP contribution in [0.2, 0.25) is 0 Å². The van der Waals surface area contributed by atoms with E-state index >= 15 is 0 Å². The minimum atomic E-state index is -1.05. The summed E-state index contributed by atoms with van der Waals surface area (Å²) in [5.41, 5.74) is -0.273. The summed E-state index contributed by atoms with van der Waals surface area (Å²) in [4.78, 5) is 34.0. The van der Waals surface area contributed by atoms with Crippen LogP contribution >= 0.6 is 0 Å². The average molecular weight is 452 g/mol. The van der Waals surface area contributed by atoms with Gasteiger partial charge < -0.3 is 16.0 Å². The number of carbonyl (C=O) groups excluding carboxylic acids is 1. The number of pyridine rings is 2. The van der Waals surface area contributed by atoms with Crippen molar-refractivity contribution in [3.8, 4) is 5.82 Å². The fraction of sp³-hybridized carbons (Fsp3) is 0.190. The molecule has 2 atom stereocenters. The number of amides is 1. The molecule has 4 aromatic heterocycles. The van der Waals surface area contributed by atoms with Gasteiger partial charge in [-0.25, -0.2) is 18.9 Å². The summed E-state index contributed by atoms with van der Waals surface area (Å²) < 4.78 is 29.9. The largest absolute Gasteiger partial charge is 0.373 e. The van der Waals surface area contributed by atoms with Gasteiger partial charge in [0.05, 0.1) is 12.2 Å². The smallest absolute Gasteiger partial charge is 0.282 e. The lowest BCUT2D eigenvalue weighted by Gasteiger charge is -2.12. The van der Waals surface area contributed by atoms with Crippen LogP contribution in [0.15, 0.2) is 53.6 Å². The Morgan fingerprint density at radius 2 is 2.06 bits per heavy atom. The summed E-state index contributed by atoms with van der Waals surface area (Å²) in [5, 5.41) is 12.6. The lowest BCUT2D eigenvalue weighted by Crippen LogP contribution is -2.27. The van der Waals surface area contributed by atoms with Crippen LogP contribution in [0.5, 0.6) is 0 Å². The molecule has 0 saturated heterocycles. The van der Waals surface area contributed by atoms with Gasteiger partial charge in [0.25, 0.3) is 11.5 Å². The number of alkyl halides is 1. The second kappa shape index (κ2) is 7.97. The molecule has 0 aromatic carbocycles. The number of hydrogen-bond acceptors (Lipinski definition) is 7. The van der Waals surface area contributed by atoms with E-state index in [0.29, 0.717) is 5.82 Å². The summed E-state index contributed by atoms with van der Waals surface area (Å²) in [6.07, 6.45) is 2.02. The third kappa shape index (κ3) is 3.75. The van der Waals surface area contributed by atoms with Gasteiger partial charge in [-0.15, -0.1) is 0 Å². The fourth-order valence-corrected chi connectivity index (χ4v) is 3.37. The van der Waals surface area contributed by atoms with Crippen LogP contribution < -0.4 is 21.5 Å². The molecular weight excluding hydrogens is 434 g/mol. The highest BCUT2D eigenvalue weighted by Crippen LogP contribution is 2.26. The SMILES string of the molecule is CNc1cc(Nc2ccc(F)n(-c3ccccn3)c2=O)nc2c(C(=O)N[C@@H]3C[C@@H]3F)cnn12. The van der Waals surface area contributed by atoms with Crippen molar-refractivity contribution in [2.75, 3.05) is 17.7 Å². The molecule has 1 fully saturated rings. The van der Waals surface area contributed by atoms with Crippen LogP contribution in [0.1, 0.15) is 16.8 Å². The quantitative estimate of drug-likeness (QED) is 0.383. The van der Waals surface area contributed by atoms with Crippen LogP contribution in [0.3, 0.4) is 0 Å². The van der Waals surface area contributed by atoms with E-state index in [9.17, 15) is 18.4 Å². The molecule has 0 aliphatic heterocycles. The van der Waals surface area contributed by atoms with Crippen molar-refractivity contribution >= 4 is 28.9 Å². The highest BCUT2D eigenvalue weighted by atomic mass is 19.1. The van der Waals surface area contributed by atoms with E-state index in [0.717, 1.165) is 10.6 Å². The van der Waals surface area contributed by atoms with E-state index in [-0.39, 0.29) is 35.0 Å². The number of nitrogens with zero attached hydrogens (tertiary/aromatic N) is 5. The van der Waals surface area contributed by atoms with Gasteiger partial charge in [0, 0.05) is 25.7 Å². The minimum Gasteiger partial charge on any atom is -0.373 e. The van der Waals surface area contributed by atoms with Gasteiger partial charge in [-0.05, 0) is 24.3 Å². The second-order valence-corrected chi connectivity index (χ2v) is 7.43. The molecule has 0 bridgehead atoms. The number of nitrogens with one attached hydrogen (secondary N) is 3. The van der Waals surface area contributed by atoms with Crippen LogP contribution in [0.4, 0.5) is 26.1 Å². The topological polar surface area (TPSA) is 118 Å². The van der Waals surface area contributed by atoms with Crippen molar-refractivity contribution < 1.29 is 13.6 Å². The zero-order valence-corrected chi connectivity index (χ0v) is 17.3. The average Bonchev–Trinajstić information content (AvgIpc) is 3.33. The summed E-state index contributed by atoms with van der Waals surface area (Å²) in [6.45, 7) is 0. The number of carbonyl (C=O) groups is 1. The fourth-order valence-electron chi connectivity index (χ4n) is 3.37. The number of anilines is 3. The van der Waals surface area contributed by atoms with Crippen molar-refractivity contribution in [2.24, 2.45) is 0 Å². The first kappa shape index (κ1) is 20.5. The Hall–Kier alpha value is -4.35. The van der Waals surface area contributed by atoms with E-state index in [4.69, 9.17) is 0 Å². The van der Waals surface area contributed by atoms with Crippen molar-refractivity contribution in [1.29, 1.82) is 0 Å². The van der Waals surface area contributed by atoms with Crippen LogP contribution in [0.25, 0.3) is 11.5 Å². The van der Waals surface area contributed by atoms with Gasteiger partial charge >= 0.3 is 0 Å². The van der Waals surface area contributed by atoms with Gasteiger partial charge in [0.2, 0.25) is 5.95 Å².